The first-order chi connectivity index (χ1) is 7.18. The molecule has 2 N–H and O–H groups in total. The smallest absolute Gasteiger partial charge is 0.0272 e. The van der Waals surface area contributed by atoms with Gasteiger partial charge in [0.1, 0.15) is 0 Å². The van der Waals surface area contributed by atoms with Crippen LogP contribution >= 0.6 is 0 Å². The second-order valence-electron chi connectivity index (χ2n) is 4.65. The van der Waals surface area contributed by atoms with Crippen LogP contribution in [0.5, 0.6) is 0 Å². The Balaban J connectivity index is 2.16. The van der Waals surface area contributed by atoms with E-state index in [1.165, 1.54) is 17.5 Å². The molecular weight excluding hydrogens is 182 g/mol. The van der Waals surface area contributed by atoms with Gasteiger partial charge in [0.25, 0.3) is 0 Å². The SMILES string of the molecule is CC1CC1/C=C/c1ccccc1[C@H](C)N. The molecule has 2 unspecified atom stereocenters. The third kappa shape index (κ3) is 2.48. The fourth-order valence-corrected chi connectivity index (χ4v) is 1.92. The fourth-order valence-electron chi connectivity index (χ4n) is 1.92. The lowest BCUT2D eigenvalue weighted by Gasteiger charge is -2.09. The van der Waals surface area contributed by atoms with E-state index in [0.29, 0.717) is 0 Å². The minimum atomic E-state index is 0.113. The Kier molecular flexibility index (Phi) is 2.92. The van der Waals surface area contributed by atoms with Crippen LogP contribution in [-0.2, 0) is 0 Å². The molecule has 1 aliphatic carbocycles. The summed E-state index contributed by atoms with van der Waals surface area (Å²) >= 11 is 0. The number of allylic oxidation sites excluding steroid dienone is 1. The molecule has 0 heterocycles. The van der Waals surface area contributed by atoms with E-state index >= 15 is 0 Å². The van der Waals surface area contributed by atoms with Gasteiger partial charge in [0.2, 0.25) is 0 Å². The number of hydrogen-bond acceptors (Lipinski definition) is 1. The van der Waals surface area contributed by atoms with Crippen LogP contribution in [0.1, 0.15) is 37.4 Å². The number of nitrogens with two attached hydrogens (primary N) is 1. The van der Waals surface area contributed by atoms with Crippen molar-refractivity contribution in [3.05, 3.63) is 41.5 Å². The van der Waals surface area contributed by atoms with Crippen molar-refractivity contribution in [2.75, 3.05) is 0 Å². The maximum atomic E-state index is 5.93. The van der Waals surface area contributed by atoms with Crippen LogP contribution in [0.25, 0.3) is 6.08 Å². The first-order valence-corrected chi connectivity index (χ1v) is 5.71. The van der Waals surface area contributed by atoms with Gasteiger partial charge in [-0.05, 0) is 36.3 Å². The van der Waals surface area contributed by atoms with Crippen LogP contribution in [0.2, 0.25) is 0 Å². The summed E-state index contributed by atoms with van der Waals surface area (Å²) in [5, 5.41) is 0. The number of rotatable bonds is 3. The summed E-state index contributed by atoms with van der Waals surface area (Å²) in [6.45, 7) is 4.33. The average molecular weight is 201 g/mol. The molecule has 1 fully saturated rings. The van der Waals surface area contributed by atoms with Gasteiger partial charge in [-0.2, -0.15) is 0 Å². The highest BCUT2D eigenvalue weighted by atomic mass is 14.6. The second-order valence-corrected chi connectivity index (χ2v) is 4.65. The van der Waals surface area contributed by atoms with Crippen molar-refractivity contribution in [1.29, 1.82) is 0 Å². The summed E-state index contributed by atoms with van der Waals surface area (Å²) < 4.78 is 0. The highest BCUT2D eigenvalue weighted by molar-refractivity contribution is 5.55. The summed E-state index contributed by atoms with van der Waals surface area (Å²) in [5.41, 5.74) is 8.44. The molecule has 15 heavy (non-hydrogen) atoms. The lowest BCUT2D eigenvalue weighted by atomic mass is 10.0. The van der Waals surface area contributed by atoms with Gasteiger partial charge in [-0.3, -0.25) is 0 Å². The largest absolute Gasteiger partial charge is 0.324 e. The Morgan fingerprint density at radius 1 is 1.40 bits per heavy atom. The Morgan fingerprint density at radius 3 is 2.67 bits per heavy atom. The quantitative estimate of drug-likeness (QED) is 0.797. The fraction of sp³-hybridized carbons (Fsp3) is 0.429. The van der Waals surface area contributed by atoms with Crippen LogP contribution in [-0.4, -0.2) is 0 Å². The molecule has 0 aliphatic heterocycles. The van der Waals surface area contributed by atoms with Crippen LogP contribution in [0, 0.1) is 11.8 Å². The van der Waals surface area contributed by atoms with Crippen LogP contribution in [0.15, 0.2) is 30.3 Å². The molecule has 1 saturated carbocycles. The molecule has 0 amide bonds. The molecule has 3 atom stereocenters. The summed E-state index contributed by atoms with van der Waals surface area (Å²) in [5.74, 6) is 1.68. The highest BCUT2D eigenvalue weighted by Gasteiger charge is 2.29. The molecule has 1 nitrogen and oxygen atoms in total. The summed E-state index contributed by atoms with van der Waals surface area (Å²) in [6, 6.07) is 8.49. The van der Waals surface area contributed by atoms with Crippen molar-refractivity contribution in [3.8, 4) is 0 Å². The Morgan fingerprint density at radius 2 is 2.07 bits per heavy atom. The van der Waals surface area contributed by atoms with Crippen molar-refractivity contribution >= 4 is 6.08 Å². The molecule has 0 radical (unpaired) electrons. The molecule has 0 aromatic heterocycles. The monoisotopic (exact) mass is 201 g/mol. The second kappa shape index (κ2) is 4.19. The lowest BCUT2D eigenvalue weighted by molar-refractivity contribution is 0.816. The van der Waals surface area contributed by atoms with E-state index < -0.39 is 0 Å². The minimum Gasteiger partial charge on any atom is -0.324 e. The molecule has 2 rings (SSSR count). The standard InChI is InChI=1S/C14H19N/c1-10-9-13(10)8-7-12-5-3-4-6-14(12)11(2)15/h3-8,10-11,13H,9,15H2,1-2H3/b8-7+/t10?,11-,13?/m0/s1. The van der Waals surface area contributed by atoms with E-state index in [1.807, 2.05) is 6.92 Å². The molecule has 80 valence electrons. The zero-order valence-electron chi connectivity index (χ0n) is 9.48. The normalized spacial score (nSPS) is 26.9. The van der Waals surface area contributed by atoms with E-state index in [-0.39, 0.29) is 6.04 Å². The predicted octanol–water partition coefficient (Wildman–Crippen LogP) is 3.38. The lowest BCUT2D eigenvalue weighted by Crippen LogP contribution is -2.06. The van der Waals surface area contributed by atoms with Crippen molar-refractivity contribution in [1.82, 2.24) is 0 Å². The van der Waals surface area contributed by atoms with Crippen molar-refractivity contribution in [2.45, 2.75) is 26.3 Å². The molecule has 1 heteroatoms. The summed E-state index contributed by atoms with van der Waals surface area (Å²) in [4.78, 5) is 0. The maximum Gasteiger partial charge on any atom is 0.0272 e. The third-order valence-electron chi connectivity index (χ3n) is 3.18. The minimum absolute atomic E-state index is 0.113. The van der Waals surface area contributed by atoms with E-state index in [4.69, 9.17) is 5.73 Å². The summed E-state index contributed by atoms with van der Waals surface area (Å²) in [6.07, 6.45) is 5.90. The van der Waals surface area contributed by atoms with Gasteiger partial charge in [-0.15, -0.1) is 0 Å². The van der Waals surface area contributed by atoms with Gasteiger partial charge in [0.05, 0.1) is 0 Å². The average Bonchev–Trinajstić information content (AvgIpc) is 2.92. The Hall–Kier alpha value is -1.08. The van der Waals surface area contributed by atoms with Gasteiger partial charge in [-0.25, -0.2) is 0 Å². The molecule has 0 spiro atoms. The molecule has 0 bridgehead atoms. The van der Waals surface area contributed by atoms with Gasteiger partial charge < -0.3 is 5.73 Å². The van der Waals surface area contributed by atoms with Crippen molar-refractivity contribution in [3.63, 3.8) is 0 Å². The van der Waals surface area contributed by atoms with Gasteiger partial charge in [0.15, 0.2) is 0 Å². The molecule has 1 aliphatic rings. The van der Waals surface area contributed by atoms with Gasteiger partial charge in [0, 0.05) is 6.04 Å². The van der Waals surface area contributed by atoms with E-state index in [9.17, 15) is 0 Å². The number of hydrogen-bond donors (Lipinski definition) is 1. The van der Waals surface area contributed by atoms with E-state index in [0.717, 1.165) is 11.8 Å². The van der Waals surface area contributed by atoms with Crippen LogP contribution in [0.3, 0.4) is 0 Å². The third-order valence-corrected chi connectivity index (χ3v) is 3.18. The van der Waals surface area contributed by atoms with Crippen molar-refractivity contribution in [2.24, 2.45) is 17.6 Å². The van der Waals surface area contributed by atoms with E-state index in [2.05, 4.69) is 43.3 Å². The van der Waals surface area contributed by atoms with Gasteiger partial charge >= 0.3 is 0 Å². The molecule has 1 aromatic rings. The summed E-state index contributed by atoms with van der Waals surface area (Å²) in [7, 11) is 0. The first kappa shape index (κ1) is 10.4. The topological polar surface area (TPSA) is 26.0 Å². The Bertz CT molecular complexity index is 365. The Labute approximate surface area is 92.0 Å². The predicted molar refractivity (Wildman–Crippen MR) is 65.3 cm³/mol. The van der Waals surface area contributed by atoms with Crippen LogP contribution < -0.4 is 5.73 Å². The van der Waals surface area contributed by atoms with E-state index in [1.54, 1.807) is 0 Å². The van der Waals surface area contributed by atoms with Crippen molar-refractivity contribution < 1.29 is 0 Å². The first-order valence-electron chi connectivity index (χ1n) is 5.71. The van der Waals surface area contributed by atoms with Gasteiger partial charge in [-0.1, -0.05) is 43.3 Å². The molecular formula is C14H19N. The number of benzene rings is 1. The molecule has 0 saturated heterocycles. The zero-order chi connectivity index (χ0) is 10.8. The van der Waals surface area contributed by atoms with Crippen LogP contribution in [0.4, 0.5) is 0 Å². The zero-order valence-corrected chi connectivity index (χ0v) is 9.48. The highest BCUT2D eigenvalue weighted by Crippen LogP contribution is 2.39. The maximum absolute atomic E-state index is 5.93. The molecule has 1 aromatic carbocycles.